The van der Waals surface area contributed by atoms with Crippen LogP contribution in [0.3, 0.4) is 0 Å². The van der Waals surface area contributed by atoms with E-state index in [1.54, 1.807) is 7.11 Å². The minimum atomic E-state index is 0.876. The van der Waals surface area contributed by atoms with Gasteiger partial charge in [-0.15, -0.1) is 11.8 Å². The molecule has 116 valence electrons. The Hall–Kier alpha value is -1.87. The second-order valence-corrected chi connectivity index (χ2v) is 6.15. The monoisotopic (exact) mass is 313 g/mol. The summed E-state index contributed by atoms with van der Waals surface area (Å²) in [6, 6.07) is 16.6. The molecule has 0 spiro atoms. The fourth-order valence-electron chi connectivity index (χ4n) is 2.12. The summed E-state index contributed by atoms with van der Waals surface area (Å²) in [4.78, 5) is 1.30. The van der Waals surface area contributed by atoms with Crippen LogP contribution in [0.4, 0.5) is 5.69 Å². The number of methoxy groups -OCH3 is 1. The Bertz CT molecular complexity index is 620. The average molecular weight is 313 g/mol. The van der Waals surface area contributed by atoms with E-state index in [9.17, 15) is 0 Å². The predicted octanol–water partition coefficient (Wildman–Crippen LogP) is 5.50. The van der Waals surface area contributed by atoms with Crippen molar-refractivity contribution in [2.24, 2.45) is 0 Å². The second-order valence-electron chi connectivity index (χ2n) is 5.10. The molecule has 2 aromatic rings. The zero-order chi connectivity index (χ0) is 15.8. The molecule has 0 aliphatic heterocycles. The predicted molar refractivity (Wildman–Crippen MR) is 96.9 cm³/mol. The van der Waals surface area contributed by atoms with Gasteiger partial charge < -0.3 is 10.1 Å². The van der Waals surface area contributed by atoms with Crippen LogP contribution in [0.2, 0.25) is 0 Å². The van der Waals surface area contributed by atoms with Crippen molar-refractivity contribution in [3.05, 3.63) is 65.9 Å². The van der Waals surface area contributed by atoms with E-state index in [1.165, 1.54) is 16.2 Å². The van der Waals surface area contributed by atoms with Gasteiger partial charge in [-0.05, 0) is 49.7 Å². The number of nitrogens with one attached hydrogen (secondary N) is 1. The first-order valence-electron chi connectivity index (χ1n) is 7.51. The molecule has 0 heterocycles. The van der Waals surface area contributed by atoms with Gasteiger partial charge in [0, 0.05) is 22.0 Å². The summed E-state index contributed by atoms with van der Waals surface area (Å²) in [5.74, 6) is 1.81. The number of allylic oxidation sites excluding steroid dienone is 1. The zero-order valence-electron chi connectivity index (χ0n) is 13.4. The van der Waals surface area contributed by atoms with Crippen molar-refractivity contribution < 1.29 is 4.74 Å². The van der Waals surface area contributed by atoms with E-state index in [0.717, 1.165) is 23.6 Å². The lowest BCUT2D eigenvalue weighted by atomic mass is 10.2. The summed E-state index contributed by atoms with van der Waals surface area (Å²) < 4.78 is 5.19. The molecule has 0 unspecified atom stereocenters. The maximum Gasteiger partial charge on any atom is 0.119 e. The van der Waals surface area contributed by atoms with Crippen LogP contribution >= 0.6 is 11.8 Å². The molecule has 0 bridgehead atoms. The Morgan fingerprint density at radius 3 is 2.59 bits per heavy atom. The summed E-state index contributed by atoms with van der Waals surface area (Å²) in [5, 5.41) is 3.50. The van der Waals surface area contributed by atoms with Gasteiger partial charge in [0.05, 0.1) is 7.11 Å². The van der Waals surface area contributed by atoms with E-state index >= 15 is 0 Å². The lowest BCUT2D eigenvalue weighted by molar-refractivity contribution is 0.415. The topological polar surface area (TPSA) is 21.3 Å². The molecule has 1 N–H and O–H groups in total. The van der Waals surface area contributed by atoms with Crippen LogP contribution in [0.1, 0.15) is 18.9 Å². The Morgan fingerprint density at radius 1 is 1.18 bits per heavy atom. The van der Waals surface area contributed by atoms with E-state index in [1.807, 2.05) is 36.0 Å². The van der Waals surface area contributed by atoms with Gasteiger partial charge in [-0.1, -0.05) is 30.7 Å². The summed E-state index contributed by atoms with van der Waals surface area (Å²) in [6.07, 6.45) is 3.26. The average Bonchev–Trinajstić information content (AvgIpc) is 2.54. The van der Waals surface area contributed by atoms with Crippen LogP contribution in [0, 0.1) is 6.92 Å². The third-order valence-electron chi connectivity index (χ3n) is 3.23. The van der Waals surface area contributed by atoms with Crippen LogP contribution in [-0.2, 0) is 0 Å². The van der Waals surface area contributed by atoms with Crippen molar-refractivity contribution in [2.45, 2.75) is 25.2 Å². The number of ether oxygens (including phenoxy) is 1. The SMILES string of the molecule is CC/C=C(\CSc1cccc(C)c1)Nc1ccc(OC)cc1. The Morgan fingerprint density at radius 2 is 1.95 bits per heavy atom. The Labute approximate surface area is 137 Å². The van der Waals surface area contributed by atoms with E-state index in [2.05, 4.69) is 49.5 Å². The molecular weight excluding hydrogens is 290 g/mol. The van der Waals surface area contributed by atoms with Gasteiger partial charge in [0.15, 0.2) is 0 Å². The minimum Gasteiger partial charge on any atom is -0.497 e. The van der Waals surface area contributed by atoms with Crippen molar-refractivity contribution in [2.75, 3.05) is 18.2 Å². The fraction of sp³-hybridized carbons (Fsp3) is 0.263. The number of anilines is 1. The third-order valence-corrected chi connectivity index (χ3v) is 4.27. The molecule has 2 nitrogen and oxygen atoms in total. The molecule has 0 aliphatic rings. The largest absolute Gasteiger partial charge is 0.497 e. The van der Waals surface area contributed by atoms with Crippen molar-refractivity contribution in [3.8, 4) is 5.75 Å². The summed E-state index contributed by atoms with van der Waals surface area (Å²) >= 11 is 1.85. The first-order chi connectivity index (χ1) is 10.7. The van der Waals surface area contributed by atoms with E-state index in [4.69, 9.17) is 4.74 Å². The third kappa shape index (κ3) is 5.15. The van der Waals surface area contributed by atoms with Crippen LogP contribution in [-0.4, -0.2) is 12.9 Å². The lowest BCUT2D eigenvalue weighted by Crippen LogP contribution is -2.02. The molecule has 2 rings (SSSR count). The van der Waals surface area contributed by atoms with Crippen LogP contribution in [0.5, 0.6) is 5.75 Å². The molecule has 0 aliphatic carbocycles. The highest BCUT2D eigenvalue weighted by molar-refractivity contribution is 7.99. The maximum atomic E-state index is 5.19. The quantitative estimate of drug-likeness (QED) is 0.682. The number of hydrogen-bond acceptors (Lipinski definition) is 3. The van der Waals surface area contributed by atoms with Crippen molar-refractivity contribution in [1.29, 1.82) is 0 Å². The minimum absolute atomic E-state index is 0.876. The number of hydrogen-bond donors (Lipinski definition) is 1. The highest BCUT2D eigenvalue weighted by Gasteiger charge is 2.01. The molecule has 0 aromatic heterocycles. The zero-order valence-corrected chi connectivity index (χ0v) is 14.2. The first-order valence-corrected chi connectivity index (χ1v) is 8.49. The molecule has 0 saturated heterocycles. The Balaban J connectivity index is 1.99. The molecule has 0 atom stereocenters. The smallest absolute Gasteiger partial charge is 0.119 e. The summed E-state index contributed by atoms with van der Waals surface area (Å²) in [6.45, 7) is 4.29. The molecule has 0 amide bonds. The highest BCUT2D eigenvalue weighted by atomic mass is 32.2. The maximum absolute atomic E-state index is 5.19. The summed E-state index contributed by atoms with van der Waals surface area (Å²) in [5.41, 5.74) is 3.62. The van der Waals surface area contributed by atoms with E-state index in [-0.39, 0.29) is 0 Å². The number of thioether (sulfide) groups is 1. The number of rotatable bonds is 7. The van der Waals surface area contributed by atoms with E-state index in [0.29, 0.717) is 0 Å². The molecule has 0 radical (unpaired) electrons. The van der Waals surface area contributed by atoms with Gasteiger partial charge in [-0.2, -0.15) is 0 Å². The Kier molecular flexibility index (Phi) is 6.41. The molecule has 3 heteroatoms. The van der Waals surface area contributed by atoms with Gasteiger partial charge in [-0.25, -0.2) is 0 Å². The lowest BCUT2D eigenvalue weighted by Gasteiger charge is -2.12. The van der Waals surface area contributed by atoms with E-state index < -0.39 is 0 Å². The summed E-state index contributed by atoms with van der Waals surface area (Å²) in [7, 11) is 1.68. The second kappa shape index (κ2) is 8.54. The van der Waals surface area contributed by atoms with Gasteiger partial charge >= 0.3 is 0 Å². The van der Waals surface area contributed by atoms with Crippen molar-refractivity contribution in [1.82, 2.24) is 0 Å². The normalized spacial score (nSPS) is 11.3. The van der Waals surface area contributed by atoms with Gasteiger partial charge in [0.25, 0.3) is 0 Å². The molecule has 2 aromatic carbocycles. The van der Waals surface area contributed by atoms with Crippen molar-refractivity contribution in [3.63, 3.8) is 0 Å². The number of aryl methyl sites for hydroxylation is 1. The van der Waals surface area contributed by atoms with Gasteiger partial charge in [-0.3, -0.25) is 0 Å². The van der Waals surface area contributed by atoms with Gasteiger partial charge in [0.2, 0.25) is 0 Å². The molecule has 0 fully saturated rings. The number of benzene rings is 2. The standard InChI is InChI=1S/C19H23NOS/c1-4-6-17(14-22-19-8-5-7-15(2)13-19)20-16-9-11-18(21-3)12-10-16/h5-13,20H,4,14H2,1-3H3/b17-6+. The van der Waals surface area contributed by atoms with Crippen LogP contribution in [0.15, 0.2) is 65.2 Å². The fourth-order valence-corrected chi connectivity index (χ4v) is 3.07. The van der Waals surface area contributed by atoms with Crippen molar-refractivity contribution >= 4 is 17.4 Å². The molecule has 0 saturated carbocycles. The van der Waals surface area contributed by atoms with Crippen LogP contribution < -0.4 is 10.1 Å². The van der Waals surface area contributed by atoms with Crippen LogP contribution in [0.25, 0.3) is 0 Å². The molecular formula is C19H23NOS. The molecule has 22 heavy (non-hydrogen) atoms. The van der Waals surface area contributed by atoms with Gasteiger partial charge in [0.1, 0.15) is 5.75 Å². The first kappa shape index (κ1) is 16.5. The highest BCUT2D eigenvalue weighted by Crippen LogP contribution is 2.23.